The maximum absolute atomic E-state index is 6.72. The molecule has 0 amide bonds. The molecule has 1 aromatic carbocycles. The Morgan fingerprint density at radius 1 is 0.960 bits per heavy atom. The second kappa shape index (κ2) is 8.68. The summed E-state index contributed by atoms with van der Waals surface area (Å²) in [4.78, 5) is 2.81. The monoisotopic (exact) mass is 343 g/mol. The van der Waals surface area contributed by atoms with Crippen LogP contribution in [0.1, 0.15) is 77.9 Å². The van der Waals surface area contributed by atoms with Crippen LogP contribution in [0.2, 0.25) is 0 Å². The number of hydrogen-bond donors (Lipinski definition) is 0. The van der Waals surface area contributed by atoms with E-state index in [1.54, 1.807) is 0 Å². The number of ether oxygens (including phenoxy) is 1. The third-order valence-electron chi connectivity index (χ3n) is 6.02. The third-order valence-corrected chi connectivity index (χ3v) is 6.02. The first-order valence-corrected chi connectivity index (χ1v) is 10.5. The number of rotatable bonds is 8. The average Bonchev–Trinajstić information content (AvgIpc) is 2.81. The van der Waals surface area contributed by atoms with Crippen LogP contribution < -0.4 is 0 Å². The van der Waals surface area contributed by atoms with Gasteiger partial charge in [-0.2, -0.15) is 0 Å². The summed E-state index contributed by atoms with van der Waals surface area (Å²) in [6.07, 6.45) is 8.37. The molecule has 2 heteroatoms. The van der Waals surface area contributed by atoms with E-state index in [2.05, 4.69) is 62.9 Å². The average molecular weight is 344 g/mol. The van der Waals surface area contributed by atoms with E-state index in [0.29, 0.717) is 12.0 Å². The quantitative estimate of drug-likeness (QED) is 0.588. The lowest BCUT2D eigenvalue weighted by Crippen LogP contribution is -2.46. The van der Waals surface area contributed by atoms with Crippen molar-refractivity contribution >= 4 is 0 Å². The van der Waals surface area contributed by atoms with Gasteiger partial charge in [0, 0.05) is 12.1 Å². The van der Waals surface area contributed by atoms with Gasteiger partial charge in [-0.15, -0.1) is 0 Å². The summed E-state index contributed by atoms with van der Waals surface area (Å²) in [5.74, 6) is 1.47. The Morgan fingerprint density at radius 3 is 2.16 bits per heavy atom. The summed E-state index contributed by atoms with van der Waals surface area (Å²) in [6.45, 7) is 10.6. The molecule has 25 heavy (non-hydrogen) atoms. The van der Waals surface area contributed by atoms with Crippen LogP contribution in [0.4, 0.5) is 0 Å². The summed E-state index contributed by atoms with van der Waals surface area (Å²) in [5.41, 5.74) is 1.35. The van der Waals surface area contributed by atoms with Crippen LogP contribution in [0.15, 0.2) is 30.3 Å². The summed E-state index contributed by atoms with van der Waals surface area (Å²) in [7, 11) is 0. The third kappa shape index (κ3) is 5.08. The SMILES string of the molecule is CC(C)CCN1[C@@H]2CC[C@H]1CC(OC(CC(C)C)c1ccccc1)C2. The van der Waals surface area contributed by atoms with Crippen molar-refractivity contribution in [2.75, 3.05) is 6.54 Å². The summed E-state index contributed by atoms with van der Waals surface area (Å²) < 4.78 is 6.72. The number of nitrogens with zero attached hydrogens (tertiary/aromatic N) is 1. The van der Waals surface area contributed by atoms with Crippen LogP contribution in [0.3, 0.4) is 0 Å². The Balaban J connectivity index is 1.61. The van der Waals surface area contributed by atoms with Gasteiger partial charge in [-0.3, -0.25) is 4.90 Å². The molecule has 0 aromatic heterocycles. The molecule has 2 saturated heterocycles. The van der Waals surface area contributed by atoms with Gasteiger partial charge in [-0.25, -0.2) is 0 Å². The van der Waals surface area contributed by atoms with Crippen molar-refractivity contribution in [1.29, 1.82) is 0 Å². The molecular formula is C23H37NO. The van der Waals surface area contributed by atoms with Crippen molar-refractivity contribution in [2.45, 2.75) is 90.5 Å². The molecule has 0 saturated carbocycles. The second-order valence-corrected chi connectivity index (χ2v) is 9.06. The highest BCUT2D eigenvalue weighted by molar-refractivity contribution is 5.17. The predicted molar refractivity (Wildman–Crippen MR) is 106 cm³/mol. The minimum absolute atomic E-state index is 0.257. The van der Waals surface area contributed by atoms with Crippen LogP contribution in [-0.4, -0.2) is 29.6 Å². The van der Waals surface area contributed by atoms with E-state index in [-0.39, 0.29) is 6.10 Å². The predicted octanol–water partition coefficient (Wildman–Crippen LogP) is 5.83. The Hall–Kier alpha value is -0.860. The van der Waals surface area contributed by atoms with E-state index in [1.165, 1.54) is 44.2 Å². The molecule has 0 aliphatic carbocycles. The molecule has 0 radical (unpaired) electrons. The second-order valence-electron chi connectivity index (χ2n) is 9.06. The van der Waals surface area contributed by atoms with Crippen molar-refractivity contribution in [3.63, 3.8) is 0 Å². The zero-order valence-corrected chi connectivity index (χ0v) is 16.7. The Bertz CT molecular complexity index is 498. The molecule has 2 unspecified atom stereocenters. The molecular weight excluding hydrogens is 306 g/mol. The van der Waals surface area contributed by atoms with Crippen molar-refractivity contribution < 1.29 is 4.74 Å². The summed E-state index contributed by atoms with van der Waals surface area (Å²) in [5, 5.41) is 0. The van der Waals surface area contributed by atoms with E-state index in [9.17, 15) is 0 Å². The van der Waals surface area contributed by atoms with Gasteiger partial charge >= 0.3 is 0 Å². The van der Waals surface area contributed by atoms with Gasteiger partial charge in [0.05, 0.1) is 12.2 Å². The number of hydrogen-bond acceptors (Lipinski definition) is 2. The van der Waals surface area contributed by atoms with Crippen molar-refractivity contribution in [3.8, 4) is 0 Å². The smallest absolute Gasteiger partial charge is 0.0831 e. The van der Waals surface area contributed by atoms with Crippen LogP contribution in [0.5, 0.6) is 0 Å². The van der Waals surface area contributed by atoms with Gasteiger partial charge in [-0.05, 0) is 62.5 Å². The van der Waals surface area contributed by atoms with E-state index in [0.717, 1.165) is 24.4 Å². The van der Waals surface area contributed by atoms with Gasteiger partial charge in [0.2, 0.25) is 0 Å². The van der Waals surface area contributed by atoms with Crippen LogP contribution in [0.25, 0.3) is 0 Å². The Morgan fingerprint density at radius 2 is 1.60 bits per heavy atom. The minimum atomic E-state index is 0.257. The molecule has 0 N–H and O–H groups in total. The van der Waals surface area contributed by atoms with Crippen molar-refractivity contribution in [3.05, 3.63) is 35.9 Å². The van der Waals surface area contributed by atoms with Gasteiger partial charge in [-0.1, -0.05) is 58.0 Å². The van der Waals surface area contributed by atoms with Gasteiger partial charge < -0.3 is 4.74 Å². The first-order valence-electron chi connectivity index (χ1n) is 10.5. The maximum Gasteiger partial charge on any atom is 0.0831 e. The van der Waals surface area contributed by atoms with E-state index >= 15 is 0 Å². The number of fused-ring (bicyclic) bond motifs is 2. The molecule has 3 rings (SSSR count). The first-order chi connectivity index (χ1) is 12.0. The Labute approximate surface area is 154 Å². The molecule has 2 aliphatic rings. The fraction of sp³-hybridized carbons (Fsp3) is 0.739. The van der Waals surface area contributed by atoms with Crippen LogP contribution in [-0.2, 0) is 4.74 Å². The van der Waals surface area contributed by atoms with Crippen molar-refractivity contribution in [1.82, 2.24) is 4.90 Å². The van der Waals surface area contributed by atoms with Gasteiger partial charge in [0.15, 0.2) is 0 Å². The normalized spacial score (nSPS) is 28.0. The molecule has 0 spiro atoms. The van der Waals surface area contributed by atoms with Gasteiger partial charge in [0.1, 0.15) is 0 Å². The highest BCUT2D eigenvalue weighted by Crippen LogP contribution is 2.39. The fourth-order valence-corrected chi connectivity index (χ4v) is 4.71. The molecule has 2 fully saturated rings. The standard InChI is InChI=1S/C23H37NO/c1-17(2)12-13-24-20-10-11-21(24)16-22(15-20)25-23(14-18(3)4)19-8-6-5-7-9-19/h5-9,17-18,20-23H,10-16H2,1-4H3/t20-,21+,22?,23?. The number of piperidine rings is 1. The van der Waals surface area contributed by atoms with E-state index < -0.39 is 0 Å². The molecule has 2 aliphatic heterocycles. The van der Waals surface area contributed by atoms with Gasteiger partial charge in [0.25, 0.3) is 0 Å². The lowest BCUT2D eigenvalue weighted by atomic mass is 9.96. The zero-order chi connectivity index (χ0) is 17.8. The molecule has 140 valence electrons. The summed E-state index contributed by atoms with van der Waals surface area (Å²) >= 11 is 0. The summed E-state index contributed by atoms with van der Waals surface area (Å²) in [6, 6.07) is 12.4. The largest absolute Gasteiger partial charge is 0.370 e. The highest BCUT2D eigenvalue weighted by Gasteiger charge is 2.41. The molecule has 2 heterocycles. The lowest BCUT2D eigenvalue weighted by Gasteiger charge is -2.40. The highest BCUT2D eigenvalue weighted by atomic mass is 16.5. The minimum Gasteiger partial charge on any atom is -0.370 e. The van der Waals surface area contributed by atoms with Crippen LogP contribution >= 0.6 is 0 Å². The van der Waals surface area contributed by atoms with Crippen LogP contribution in [0, 0.1) is 11.8 Å². The first kappa shape index (κ1) is 18.9. The van der Waals surface area contributed by atoms with E-state index in [1.807, 2.05) is 0 Å². The Kier molecular flexibility index (Phi) is 6.57. The zero-order valence-electron chi connectivity index (χ0n) is 16.7. The molecule has 1 aromatic rings. The molecule has 2 bridgehead atoms. The number of benzene rings is 1. The lowest BCUT2D eigenvalue weighted by molar-refractivity contribution is -0.0693. The topological polar surface area (TPSA) is 12.5 Å². The van der Waals surface area contributed by atoms with E-state index in [4.69, 9.17) is 4.74 Å². The molecule has 2 nitrogen and oxygen atoms in total. The maximum atomic E-state index is 6.72. The molecule has 4 atom stereocenters. The fourth-order valence-electron chi connectivity index (χ4n) is 4.71. The van der Waals surface area contributed by atoms with Crippen molar-refractivity contribution in [2.24, 2.45) is 11.8 Å².